The molecule has 4 rings (SSSR count). The number of aromatic nitrogens is 3. The minimum Gasteiger partial charge on any atom is -0.321 e. The molecule has 0 saturated carbocycles. The highest BCUT2D eigenvalue weighted by molar-refractivity contribution is 6.30. The monoisotopic (exact) mass is 421 g/mol. The molecule has 2 aromatic carbocycles. The second-order valence-corrected chi connectivity index (χ2v) is 6.97. The van der Waals surface area contributed by atoms with Crippen LogP contribution in [-0.2, 0) is 0 Å². The largest absolute Gasteiger partial charge is 0.321 e. The predicted molar refractivity (Wildman–Crippen MR) is 112 cm³/mol. The molecule has 0 aliphatic heterocycles. The van der Waals surface area contributed by atoms with Crippen molar-refractivity contribution >= 4 is 34.8 Å². The van der Waals surface area contributed by atoms with Gasteiger partial charge < -0.3 is 9.88 Å². The zero-order valence-electron chi connectivity index (χ0n) is 14.9. The molecule has 1 amide bonds. The van der Waals surface area contributed by atoms with Crippen LogP contribution in [0.2, 0.25) is 10.0 Å². The summed E-state index contributed by atoms with van der Waals surface area (Å²) >= 11 is 11.9. The number of rotatable bonds is 4. The number of nitrogens with zero attached hydrogens (tertiary/aromatic N) is 4. The van der Waals surface area contributed by atoms with Crippen LogP contribution in [0.4, 0.5) is 5.69 Å². The van der Waals surface area contributed by atoms with Gasteiger partial charge in [0.2, 0.25) is 0 Å². The van der Waals surface area contributed by atoms with E-state index in [0.717, 1.165) is 0 Å². The molecule has 0 atom stereocenters. The minimum absolute atomic E-state index is 0.0149. The smallest absolute Gasteiger partial charge is 0.277 e. The first kappa shape index (κ1) is 18.8. The molecule has 0 radical (unpaired) electrons. The molecule has 0 spiro atoms. The lowest BCUT2D eigenvalue weighted by atomic mass is 10.2. The topological polar surface area (TPSA) is 75.6 Å². The Balaban J connectivity index is 1.83. The predicted octanol–water partition coefficient (Wildman–Crippen LogP) is 5.09. The van der Waals surface area contributed by atoms with Crippen molar-refractivity contribution in [2.45, 2.75) is 0 Å². The van der Waals surface area contributed by atoms with Crippen LogP contribution in [0.15, 0.2) is 73.1 Å². The van der Waals surface area contributed by atoms with E-state index in [1.54, 1.807) is 70.2 Å². The summed E-state index contributed by atoms with van der Waals surface area (Å²) in [6.07, 6.45) is 3.57. The van der Waals surface area contributed by atoms with E-state index < -0.39 is 5.91 Å². The van der Waals surface area contributed by atoms with Gasteiger partial charge in [0.25, 0.3) is 5.91 Å². The fraction of sp³-hybridized carbons (Fsp3) is 0. The molecule has 8 heteroatoms. The number of carbonyl (C=O) groups excluding carboxylic acids is 1. The first-order valence-corrected chi connectivity index (χ1v) is 9.32. The first-order chi connectivity index (χ1) is 14.1. The zero-order chi connectivity index (χ0) is 20.4. The Morgan fingerprint density at radius 3 is 2.14 bits per heavy atom. The van der Waals surface area contributed by atoms with Crippen molar-refractivity contribution in [3.05, 3.63) is 94.4 Å². The highest BCUT2D eigenvalue weighted by Crippen LogP contribution is 2.25. The molecule has 4 aromatic rings. The summed E-state index contributed by atoms with van der Waals surface area (Å²) in [6, 6.07) is 19.4. The quantitative estimate of drug-likeness (QED) is 0.498. The molecule has 0 saturated heterocycles. The Labute approximate surface area is 176 Å². The Bertz CT molecular complexity index is 1200. The maximum Gasteiger partial charge on any atom is 0.277 e. The number of nitriles is 1. The molecule has 0 aliphatic carbocycles. The van der Waals surface area contributed by atoms with Gasteiger partial charge in [0.15, 0.2) is 11.5 Å². The molecule has 0 unspecified atom stereocenters. The van der Waals surface area contributed by atoms with Crippen molar-refractivity contribution in [3.63, 3.8) is 0 Å². The van der Waals surface area contributed by atoms with E-state index >= 15 is 0 Å². The van der Waals surface area contributed by atoms with Crippen molar-refractivity contribution in [1.82, 2.24) is 14.3 Å². The van der Waals surface area contributed by atoms with Crippen molar-refractivity contribution in [2.75, 3.05) is 5.32 Å². The van der Waals surface area contributed by atoms with Crippen LogP contribution >= 0.6 is 23.2 Å². The summed E-state index contributed by atoms with van der Waals surface area (Å²) < 4.78 is 3.28. The number of amides is 1. The maximum atomic E-state index is 12.9. The third-order valence-corrected chi connectivity index (χ3v) is 4.71. The average Bonchev–Trinajstić information content (AvgIpc) is 3.37. The molecule has 2 aromatic heterocycles. The van der Waals surface area contributed by atoms with Gasteiger partial charge in [0, 0.05) is 28.1 Å². The Kier molecular flexibility index (Phi) is 5.09. The van der Waals surface area contributed by atoms with E-state index in [1.165, 1.54) is 0 Å². The second-order valence-electron chi connectivity index (χ2n) is 6.10. The van der Waals surface area contributed by atoms with Crippen LogP contribution in [0.1, 0.15) is 16.1 Å². The molecular formula is C21H13Cl2N5O. The highest BCUT2D eigenvalue weighted by Gasteiger charge is 2.25. The van der Waals surface area contributed by atoms with Gasteiger partial charge in [-0.25, -0.2) is 4.68 Å². The van der Waals surface area contributed by atoms with Crippen LogP contribution < -0.4 is 5.32 Å². The van der Waals surface area contributed by atoms with E-state index in [9.17, 15) is 10.1 Å². The zero-order valence-corrected chi connectivity index (χ0v) is 16.4. The van der Waals surface area contributed by atoms with E-state index in [1.807, 2.05) is 12.1 Å². The lowest BCUT2D eigenvalue weighted by molar-refractivity contribution is 0.102. The molecule has 6 nitrogen and oxygen atoms in total. The average molecular weight is 422 g/mol. The molecular weight excluding hydrogens is 409 g/mol. The molecule has 0 bridgehead atoms. The maximum absolute atomic E-state index is 12.9. The van der Waals surface area contributed by atoms with E-state index in [-0.39, 0.29) is 11.3 Å². The van der Waals surface area contributed by atoms with Gasteiger partial charge in [0.05, 0.1) is 5.69 Å². The fourth-order valence-corrected chi connectivity index (χ4v) is 3.12. The molecule has 0 fully saturated rings. The Morgan fingerprint density at radius 1 is 0.966 bits per heavy atom. The van der Waals surface area contributed by atoms with Gasteiger partial charge in [-0.3, -0.25) is 4.79 Å². The summed E-state index contributed by atoms with van der Waals surface area (Å²) in [5, 5.41) is 18.1. The molecule has 2 heterocycles. The van der Waals surface area contributed by atoms with Crippen LogP contribution in [-0.4, -0.2) is 20.3 Å². The second kappa shape index (κ2) is 7.84. The third kappa shape index (κ3) is 3.74. The Hall–Kier alpha value is -3.53. The molecule has 142 valence electrons. The number of nitrogens with one attached hydrogen (secondary N) is 1. The first-order valence-electron chi connectivity index (χ1n) is 8.56. The number of hydrogen-bond donors (Lipinski definition) is 1. The van der Waals surface area contributed by atoms with Gasteiger partial charge in [0.1, 0.15) is 11.6 Å². The summed E-state index contributed by atoms with van der Waals surface area (Å²) in [5.74, 6) is -0.0360. The fourth-order valence-electron chi connectivity index (χ4n) is 2.87. The summed E-state index contributed by atoms with van der Waals surface area (Å²) in [5.41, 5.74) is 1.38. The normalized spacial score (nSPS) is 10.5. The van der Waals surface area contributed by atoms with Crippen molar-refractivity contribution in [2.24, 2.45) is 0 Å². The highest BCUT2D eigenvalue weighted by atomic mass is 35.5. The van der Waals surface area contributed by atoms with E-state index in [2.05, 4.69) is 16.5 Å². The van der Waals surface area contributed by atoms with Gasteiger partial charge in [-0.1, -0.05) is 23.2 Å². The van der Waals surface area contributed by atoms with Crippen molar-refractivity contribution in [1.29, 1.82) is 5.26 Å². The minimum atomic E-state index is -0.495. The number of anilines is 1. The van der Waals surface area contributed by atoms with Crippen LogP contribution in [0.5, 0.6) is 0 Å². The van der Waals surface area contributed by atoms with Crippen molar-refractivity contribution in [3.8, 4) is 17.6 Å². The lowest BCUT2D eigenvalue weighted by Crippen LogP contribution is -2.14. The Morgan fingerprint density at radius 2 is 1.55 bits per heavy atom. The van der Waals surface area contributed by atoms with Gasteiger partial charge in [-0.2, -0.15) is 10.4 Å². The molecule has 0 aliphatic rings. The molecule has 29 heavy (non-hydrogen) atoms. The SMILES string of the molecule is N#Cc1c(C(=O)Nc2ccc(Cl)cc2)nn(-c2ccc(Cl)cc2)c1-n1cccc1. The summed E-state index contributed by atoms with van der Waals surface area (Å²) in [6.45, 7) is 0. The van der Waals surface area contributed by atoms with Gasteiger partial charge in [-0.05, 0) is 60.7 Å². The number of carbonyl (C=O) groups is 1. The van der Waals surface area contributed by atoms with Gasteiger partial charge in [-0.15, -0.1) is 0 Å². The number of hydrogen-bond acceptors (Lipinski definition) is 3. The van der Waals surface area contributed by atoms with E-state index in [4.69, 9.17) is 23.2 Å². The number of benzene rings is 2. The van der Waals surface area contributed by atoms with Gasteiger partial charge >= 0.3 is 0 Å². The molecule has 1 N–H and O–H groups in total. The summed E-state index contributed by atoms with van der Waals surface area (Å²) in [7, 11) is 0. The standard InChI is InChI=1S/C21H13Cl2N5O/c22-14-3-7-16(8-4-14)25-20(29)19-18(13-24)21(27-11-1-2-12-27)28(26-19)17-9-5-15(23)6-10-17/h1-12H,(H,25,29). The number of halogens is 2. The van der Waals surface area contributed by atoms with Crippen molar-refractivity contribution < 1.29 is 4.79 Å². The third-order valence-electron chi connectivity index (χ3n) is 4.21. The van der Waals surface area contributed by atoms with Crippen LogP contribution in [0.3, 0.4) is 0 Å². The van der Waals surface area contributed by atoms with Crippen LogP contribution in [0.25, 0.3) is 11.5 Å². The summed E-state index contributed by atoms with van der Waals surface area (Å²) in [4.78, 5) is 12.9. The lowest BCUT2D eigenvalue weighted by Gasteiger charge is -2.08. The van der Waals surface area contributed by atoms with E-state index in [0.29, 0.717) is 27.2 Å². The van der Waals surface area contributed by atoms with Crippen LogP contribution in [0, 0.1) is 11.3 Å².